The molecule has 1 aliphatic carbocycles. The first-order valence-electron chi connectivity index (χ1n) is 11.1. The Labute approximate surface area is 178 Å². The Morgan fingerprint density at radius 1 is 1.07 bits per heavy atom. The van der Waals surface area contributed by atoms with Gasteiger partial charge in [-0.15, -0.1) is 0 Å². The summed E-state index contributed by atoms with van der Waals surface area (Å²) in [4.78, 5) is 17.1. The van der Waals surface area contributed by atoms with Gasteiger partial charge in [0, 0.05) is 24.3 Å². The highest BCUT2D eigenvalue weighted by atomic mass is 16.1. The third-order valence-corrected chi connectivity index (χ3v) is 6.32. The molecule has 2 unspecified atom stereocenters. The zero-order chi connectivity index (χ0) is 21.3. The number of aryl methyl sites for hydroxylation is 1. The lowest BCUT2D eigenvalue weighted by molar-refractivity contribution is 0.0963. The Hall–Kier alpha value is -2.82. The molecule has 1 heterocycles. The Bertz CT molecular complexity index is 1030. The van der Waals surface area contributed by atoms with Crippen LogP contribution in [0.5, 0.6) is 0 Å². The van der Waals surface area contributed by atoms with Crippen molar-refractivity contribution in [2.45, 2.75) is 52.5 Å². The third kappa shape index (κ3) is 4.07. The fraction of sp³-hybridized carbons (Fsp3) is 0.440. The molecule has 5 nitrogen and oxygen atoms in total. The molecule has 5 heteroatoms. The van der Waals surface area contributed by atoms with Gasteiger partial charge in [-0.1, -0.05) is 32.9 Å². The van der Waals surface area contributed by atoms with Crippen LogP contribution in [-0.4, -0.2) is 22.5 Å². The maximum atomic E-state index is 12.1. The summed E-state index contributed by atoms with van der Waals surface area (Å²) in [6, 6.07) is 14.8. The molecule has 1 aromatic heterocycles. The maximum absolute atomic E-state index is 12.1. The fourth-order valence-corrected chi connectivity index (χ4v) is 4.91. The molecule has 1 fully saturated rings. The standard InChI is InChI=1S/C25H32N4O/c1-5-18-6-9-20(10-7-18)27-25-28-22-15-19(24(30)26-4)8-11-23(22)29(25)21-13-16(2)12-17(3)14-21/h6-11,15-17,21H,5,12-14H2,1-4H3,(H,26,30)(H,27,28). The smallest absolute Gasteiger partial charge is 0.251 e. The Morgan fingerprint density at radius 3 is 2.40 bits per heavy atom. The molecule has 1 aliphatic rings. The molecule has 2 aromatic carbocycles. The number of aromatic nitrogens is 2. The third-order valence-electron chi connectivity index (χ3n) is 6.32. The van der Waals surface area contributed by atoms with Gasteiger partial charge in [-0.25, -0.2) is 4.98 Å². The summed E-state index contributed by atoms with van der Waals surface area (Å²) in [5.74, 6) is 2.15. The van der Waals surface area contributed by atoms with Crippen LogP contribution in [0.1, 0.15) is 62.0 Å². The van der Waals surface area contributed by atoms with Crippen LogP contribution in [0.3, 0.4) is 0 Å². The van der Waals surface area contributed by atoms with Crippen LogP contribution >= 0.6 is 0 Å². The molecule has 1 amide bonds. The second-order valence-corrected chi connectivity index (χ2v) is 8.83. The summed E-state index contributed by atoms with van der Waals surface area (Å²) >= 11 is 0. The van der Waals surface area contributed by atoms with Crippen molar-refractivity contribution >= 4 is 28.6 Å². The van der Waals surface area contributed by atoms with E-state index in [2.05, 4.69) is 60.2 Å². The number of nitrogens with zero attached hydrogens (tertiary/aromatic N) is 2. The first-order valence-corrected chi connectivity index (χ1v) is 11.1. The summed E-state index contributed by atoms with van der Waals surface area (Å²) in [5.41, 5.74) is 4.93. The summed E-state index contributed by atoms with van der Waals surface area (Å²) in [7, 11) is 1.66. The van der Waals surface area contributed by atoms with Gasteiger partial charge in [-0.2, -0.15) is 0 Å². The first-order chi connectivity index (χ1) is 14.5. The highest BCUT2D eigenvalue weighted by Crippen LogP contribution is 2.40. The van der Waals surface area contributed by atoms with Crippen molar-refractivity contribution in [3.8, 4) is 0 Å². The number of hydrogen-bond acceptors (Lipinski definition) is 3. The van der Waals surface area contributed by atoms with E-state index in [0.29, 0.717) is 23.4 Å². The van der Waals surface area contributed by atoms with E-state index in [1.807, 2.05) is 18.2 Å². The summed E-state index contributed by atoms with van der Waals surface area (Å²) < 4.78 is 2.36. The molecular weight excluding hydrogens is 372 g/mol. The van der Waals surface area contributed by atoms with Crippen LogP contribution in [0.15, 0.2) is 42.5 Å². The summed E-state index contributed by atoms with van der Waals surface area (Å²) in [5, 5.41) is 6.26. The SMILES string of the molecule is CCc1ccc(Nc2nc3cc(C(=O)NC)ccc3n2C2CC(C)CC(C)C2)cc1. The predicted octanol–water partition coefficient (Wildman–Crippen LogP) is 5.70. The second-order valence-electron chi connectivity index (χ2n) is 8.83. The highest BCUT2D eigenvalue weighted by molar-refractivity contribution is 5.97. The topological polar surface area (TPSA) is 59.0 Å². The Morgan fingerprint density at radius 2 is 1.77 bits per heavy atom. The van der Waals surface area contributed by atoms with Crippen molar-refractivity contribution in [2.24, 2.45) is 11.8 Å². The van der Waals surface area contributed by atoms with Gasteiger partial charge < -0.3 is 15.2 Å². The highest BCUT2D eigenvalue weighted by Gasteiger charge is 2.28. The number of amides is 1. The number of anilines is 2. The number of benzene rings is 2. The van der Waals surface area contributed by atoms with Crippen LogP contribution in [-0.2, 0) is 6.42 Å². The lowest BCUT2D eigenvalue weighted by Crippen LogP contribution is -2.23. The monoisotopic (exact) mass is 404 g/mol. The van der Waals surface area contributed by atoms with Gasteiger partial charge >= 0.3 is 0 Å². The van der Waals surface area contributed by atoms with Crippen LogP contribution in [0, 0.1) is 11.8 Å². The number of rotatable bonds is 5. The van der Waals surface area contributed by atoms with Crippen LogP contribution < -0.4 is 10.6 Å². The largest absolute Gasteiger partial charge is 0.355 e. The molecule has 158 valence electrons. The molecule has 0 bridgehead atoms. The number of carbonyl (C=O) groups excluding carboxylic acids is 1. The van der Waals surface area contributed by atoms with Crippen LogP contribution in [0.2, 0.25) is 0 Å². The van der Waals surface area contributed by atoms with Gasteiger partial charge in [0.1, 0.15) is 0 Å². The quantitative estimate of drug-likeness (QED) is 0.573. The lowest BCUT2D eigenvalue weighted by atomic mass is 9.80. The minimum atomic E-state index is -0.0870. The van der Waals surface area contributed by atoms with Gasteiger partial charge in [0.25, 0.3) is 5.91 Å². The number of hydrogen-bond donors (Lipinski definition) is 2. The van der Waals surface area contributed by atoms with E-state index in [1.165, 1.54) is 12.0 Å². The molecule has 0 radical (unpaired) electrons. The van der Waals surface area contributed by atoms with E-state index in [4.69, 9.17) is 4.98 Å². The molecule has 1 saturated carbocycles. The molecule has 4 rings (SSSR count). The fourth-order valence-electron chi connectivity index (χ4n) is 4.91. The maximum Gasteiger partial charge on any atom is 0.251 e. The van der Waals surface area contributed by atoms with Crippen molar-refractivity contribution < 1.29 is 4.79 Å². The number of nitrogens with one attached hydrogen (secondary N) is 2. The second kappa shape index (κ2) is 8.50. The molecular formula is C25H32N4O. The zero-order valence-electron chi connectivity index (χ0n) is 18.4. The van der Waals surface area contributed by atoms with Crippen molar-refractivity contribution in [3.63, 3.8) is 0 Å². The molecule has 2 atom stereocenters. The van der Waals surface area contributed by atoms with Gasteiger partial charge in [0.2, 0.25) is 5.95 Å². The zero-order valence-corrected chi connectivity index (χ0v) is 18.4. The van der Waals surface area contributed by atoms with Gasteiger partial charge in [0.15, 0.2) is 0 Å². The molecule has 2 N–H and O–H groups in total. The molecule has 0 aliphatic heterocycles. The van der Waals surface area contributed by atoms with E-state index in [0.717, 1.165) is 41.9 Å². The normalized spacial score (nSPS) is 21.5. The average molecular weight is 405 g/mol. The van der Waals surface area contributed by atoms with Crippen molar-refractivity contribution in [2.75, 3.05) is 12.4 Å². The number of carbonyl (C=O) groups is 1. The van der Waals surface area contributed by atoms with Gasteiger partial charge in [-0.05, 0) is 73.4 Å². The van der Waals surface area contributed by atoms with Gasteiger partial charge in [0.05, 0.1) is 11.0 Å². The van der Waals surface area contributed by atoms with Crippen molar-refractivity contribution in [1.82, 2.24) is 14.9 Å². The van der Waals surface area contributed by atoms with Crippen LogP contribution in [0.4, 0.5) is 11.6 Å². The van der Waals surface area contributed by atoms with E-state index >= 15 is 0 Å². The van der Waals surface area contributed by atoms with E-state index in [9.17, 15) is 4.79 Å². The Kier molecular flexibility index (Phi) is 5.80. The van der Waals surface area contributed by atoms with Crippen molar-refractivity contribution in [1.29, 1.82) is 0 Å². The van der Waals surface area contributed by atoms with E-state index < -0.39 is 0 Å². The Balaban J connectivity index is 1.78. The minimum Gasteiger partial charge on any atom is -0.355 e. The molecule has 0 saturated heterocycles. The number of fused-ring (bicyclic) bond motifs is 1. The van der Waals surface area contributed by atoms with Crippen LogP contribution in [0.25, 0.3) is 11.0 Å². The molecule has 0 spiro atoms. The predicted molar refractivity (Wildman–Crippen MR) is 123 cm³/mol. The first kappa shape index (κ1) is 20.5. The minimum absolute atomic E-state index is 0.0870. The number of imidazole rings is 1. The van der Waals surface area contributed by atoms with Crippen molar-refractivity contribution in [3.05, 3.63) is 53.6 Å². The average Bonchev–Trinajstić information content (AvgIpc) is 3.10. The summed E-state index contributed by atoms with van der Waals surface area (Å²) in [6.07, 6.45) is 4.61. The lowest BCUT2D eigenvalue weighted by Gasteiger charge is -2.33. The van der Waals surface area contributed by atoms with E-state index in [1.54, 1.807) is 7.05 Å². The summed E-state index contributed by atoms with van der Waals surface area (Å²) in [6.45, 7) is 6.86. The van der Waals surface area contributed by atoms with Gasteiger partial charge in [-0.3, -0.25) is 4.79 Å². The molecule has 30 heavy (non-hydrogen) atoms. The van der Waals surface area contributed by atoms with E-state index in [-0.39, 0.29) is 5.91 Å². The molecule has 3 aromatic rings.